The zero-order chi connectivity index (χ0) is 27.4. The van der Waals surface area contributed by atoms with Gasteiger partial charge in [-0.25, -0.2) is 8.42 Å². The summed E-state index contributed by atoms with van der Waals surface area (Å²) in [6.45, 7) is 1.44. The number of carbonyl (C=O) groups is 4. The molecule has 3 heterocycles. The molecule has 0 aliphatic carbocycles. The smallest absolute Gasteiger partial charge is 0.310 e. The number of benzene rings is 1. The van der Waals surface area contributed by atoms with Gasteiger partial charge in [0.15, 0.2) is 0 Å². The molecule has 12 nitrogen and oxygen atoms in total. The first kappa shape index (κ1) is 27.7. The number of nitrogens with one attached hydrogen (secondary N) is 2. The normalized spacial score (nSPS) is 28.2. The Morgan fingerprint density at radius 2 is 1.79 bits per heavy atom. The first-order valence-corrected chi connectivity index (χ1v) is 14.2. The van der Waals surface area contributed by atoms with Crippen molar-refractivity contribution in [2.45, 2.75) is 63.1 Å². The fourth-order valence-corrected chi connectivity index (χ4v) is 6.48. The van der Waals surface area contributed by atoms with Crippen molar-refractivity contribution in [1.82, 2.24) is 19.8 Å². The minimum Gasteiger partial charge on any atom is -0.434 e. The van der Waals surface area contributed by atoms with Crippen molar-refractivity contribution in [2.75, 3.05) is 18.8 Å². The number of hydrogen-bond donors (Lipinski definition) is 3. The van der Waals surface area contributed by atoms with Gasteiger partial charge in [0, 0.05) is 24.7 Å². The maximum Gasteiger partial charge on any atom is 0.310 e. The number of cyclic esters (lactones) is 1. The molecule has 2 fully saturated rings. The van der Waals surface area contributed by atoms with E-state index in [9.17, 15) is 32.7 Å². The van der Waals surface area contributed by atoms with Crippen LogP contribution in [0, 0.1) is 0 Å². The van der Waals surface area contributed by atoms with Crippen LogP contribution in [-0.4, -0.2) is 95.7 Å². The Hall–Kier alpha value is -3.29. The lowest BCUT2D eigenvalue weighted by Gasteiger charge is -2.47. The van der Waals surface area contributed by atoms with E-state index in [0.717, 1.165) is 0 Å². The summed E-state index contributed by atoms with van der Waals surface area (Å²) in [6, 6.07) is 4.46. The molecule has 2 unspecified atom stereocenters. The highest BCUT2D eigenvalue weighted by Crippen LogP contribution is 2.26. The number of aliphatic hydroxyl groups excluding tert-OH is 1. The van der Waals surface area contributed by atoms with Gasteiger partial charge in [0.2, 0.25) is 28.1 Å². The third kappa shape index (κ3) is 6.05. The Morgan fingerprint density at radius 3 is 2.45 bits per heavy atom. The number of piperazine rings is 1. The van der Waals surface area contributed by atoms with Crippen LogP contribution in [0.5, 0.6) is 0 Å². The highest BCUT2D eigenvalue weighted by molar-refractivity contribution is 7.89. The molecule has 13 heteroatoms. The molecule has 1 aromatic rings. The maximum atomic E-state index is 13.9. The molecular formula is C25H32N4O8S. The van der Waals surface area contributed by atoms with E-state index in [4.69, 9.17) is 4.74 Å². The number of carbonyl (C=O) groups excluding carboxylic acids is 4. The number of ether oxygens (including phenoxy) is 1. The predicted octanol–water partition coefficient (Wildman–Crippen LogP) is -0.494. The van der Waals surface area contributed by atoms with Crippen molar-refractivity contribution >= 4 is 33.7 Å². The molecule has 2 saturated heterocycles. The summed E-state index contributed by atoms with van der Waals surface area (Å²) in [7, 11) is -3.71. The van der Waals surface area contributed by atoms with E-state index in [1.807, 2.05) is 6.08 Å². The van der Waals surface area contributed by atoms with Crippen molar-refractivity contribution in [3.8, 4) is 0 Å². The van der Waals surface area contributed by atoms with Gasteiger partial charge in [-0.05, 0) is 31.4 Å². The second-order valence-corrected chi connectivity index (χ2v) is 11.7. The molecule has 4 rings (SSSR count). The number of nitrogens with zero attached hydrogens (tertiary/aromatic N) is 2. The molecule has 206 valence electrons. The van der Waals surface area contributed by atoms with E-state index < -0.39 is 64.2 Å². The summed E-state index contributed by atoms with van der Waals surface area (Å²) in [4.78, 5) is 53.1. The van der Waals surface area contributed by atoms with Gasteiger partial charge < -0.3 is 25.4 Å². The van der Waals surface area contributed by atoms with E-state index in [1.165, 1.54) is 9.21 Å². The quantitative estimate of drug-likeness (QED) is 0.304. The van der Waals surface area contributed by atoms with E-state index >= 15 is 0 Å². The van der Waals surface area contributed by atoms with Crippen LogP contribution in [0.15, 0.2) is 42.5 Å². The maximum absolute atomic E-state index is 13.9. The lowest BCUT2D eigenvalue weighted by atomic mass is 9.97. The average molecular weight is 549 g/mol. The largest absolute Gasteiger partial charge is 0.434 e. The first-order chi connectivity index (χ1) is 18.1. The number of rotatable bonds is 7. The van der Waals surface area contributed by atoms with Gasteiger partial charge in [0.05, 0.1) is 12.2 Å². The van der Waals surface area contributed by atoms with Gasteiger partial charge in [-0.15, -0.1) is 0 Å². The molecule has 3 N–H and O–H groups in total. The van der Waals surface area contributed by atoms with Gasteiger partial charge in [-0.1, -0.05) is 37.3 Å². The zero-order valence-corrected chi connectivity index (χ0v) is 21.8. The summed E-state index contributed by atoms with van der Waals surface area (Å²) in [5, 5.41) is 15.3. The Kier molecular flexibility index (Phi) is 8.48. The SMILES string of the molecule is CCCS(=O)(=O)N1C[C@@H]2CC=CC[C@H](NC(=O)c3ccccc3)C(=O)N2[C@H](C(=O)NC2CC(=O)OC2O)C1. The molecule has 38 heavy (non-hydrogen) atoms. The molecule has 0 radical (unpaired) electrons. The second-order valence-electron chi connectivity index (χ2n) is 9.58. The van der Waals surface area contributed by atoms with Crippen LogP contribution in [0.1, 0.15) is 43.0 Å². The molecular weight excluding hydrogens is 516 g/mol. The fourth-order valence-electron chi connectivity index (χ4n) is 4.94. The molecule has 3 aliphatic rings. The van der Waals surface area contributed by atoms with Crippen molar-refractivity contribution < 1.29 is 37.4 Å². The van der Waals surface area contributed by atoms with Crippen LogP contribution in [0.4, 0.5) is 0 Å². The summed E-state index contributed by atoms with van der Waals surface area (Å²) in [5.74, 6) is -2.50. The number of esters is 1. The highest BCUT2D eigenvalue weighted by atomic mass is 32.2. The molecule has 1 aromatic carbocycles. The van der Waals surface area contributed by atoms with E-state index in [2.05, 4.69) is 10.6 Å². The molecule has 0 aromatic heterocycles. The van der Waals surface area contributed by atoms with E-state index in [0.29, 0.717) is 18.4 Å². The van der Waals surface area contributed by atoms with Gasteiger partial charge in [0.1, 0.15) is 18.1 Å². The van der Waals surface area contributed by atoms with Crippen molar-refractivity contribution in [2.24, 2.45) is 0 Å². The monoisotopic (exact) mass is 548 g/mol. The van der Waals surface area contributed by atoms with Crippen LogP contribution in [0.3, 0.4) is 0 Å². The second kappa shape index (κ2) is 11.6. The topological polar surface area (TPSA) is 162 Å². The van der Waals surface area contributed by atoms with Crippen molar-refractivity contribution in [3.05, 3.63) is 48.0 Å². The minimum absolute atomic E-state index is 0.00477. The summed E-state index contributed by atoms with van der Waals surface area (Å²) >= 11 is 0. The third-order valence-corrected chi connectivity index (χ3v) is 8.84. The zero-order valence-electron chi connectivity index (χ0n) is 21.0. The predicted molar refractivity (Wildman–Crippen MR) is 135 cm³/mol. The molecule has 0 bridgehead atoms. The minimum atomic E-state index is -3.71. The van der Waals surface area contributed by atoms with Crippen LogP contribution >= 0.6 is 0 Å². The van der Waals surface area contributed by atoms with Gasteiger partial charge >= 0.3 is 5.97 Å². The van der Waals surface area contributed by atoms with Crippen LogP contribution < -0.4 is 10.6 Å². The Bertz CT molecular complexity index is 1200. The summed E-state index contributed by atoms with van der Waals surface area (Å²) < 4.78 is 31.9. The Morgan fingerprint density at radius 1 is 1.08 bits per heavy atom. The third-order valence-electron chi connectivity index (χ3n) is 6.83. The summed E-state index contributed by atoms with van der Waals surface area (Å²) in [6.07, 6.45) is 2.64. The highest BCUT2D eigenvalue weighted by Gasteiger charge is 2.47. The lowest BCUT2D eigenvalue weighted by molar-refractivity contribution is -0.156. The standard InChI is InChI=1S/C25H32N4O8S/c1-2-12-38(35,36)28-14-17-10-6-7-11-18(26-22(31)16-8-4-3-5-9-16)24(33)29(17)20(15-28)23(32)27-19-13-21(30)37-25(19)34/h3-9,17-20,25,34H,2,10-15H2,1H3,(H,26,31)(H,27,32)/t17-,18-,19?,20-,25?/m0/s1. The van der Waals surface area contributed by atoms with Crippen LogP contribution in [-0.2, 0) is 29.1 Å². The lowest BCUT2D eigenvalue weighted by Crippen LogP contribution is -2.68. The number of sulfonamides is 1. The van der Waals surface area contributed by atoms with Crippen LogP contribution in [0.2, 0.25) is 0 Å². The molecule has 3 amide bonds. The van der Waals surface area contributed by atoms with Crippen LogP contribution in [0.25, 0.3) is 0 Å². The van der Waals surface area contributed by atoms with E-state index in [1.54, 1.807) is 43.3 Å². The Labute approximate surface area is 221 Å². The Balaban J connectivity index is 1.63. The molecule has 3 aliphatic heterocycles. The van der Waals surface area contributed by atoms with Gasteiger partial charge in [-0.3, -0.25) is 19.2 Å². The van der Waals surface area contributed by atoms with Crippen molar-refractivity contribution in [1.29, 1.82) is 0 Å². The van der Waals surface area contributed by atoms with Gasteiger partial charge in [-0.2, -0.15) is 4.31 Å². The van der Waals surface area contributed by atoms with Gasteiger partial charge in [0.25, 0.3) is 5.91 Å². The van der Waals surface area contributed by atoms with Crippen molar-refractivity contribution in [3.63, 3.8) is 0 Å². The molecule has 5 atom stereocenters. The first-order valence-electron chi connectivity index (χ1n) is 12.6. The number of aliphatic hydroxyl groups is 1. The average Bonchev–Trinajstić information content (AvgIpc) is 3.20. The number of amides is 3. The fraction of sp³-hybridized carbons (Fsp3) is 0.520. The van der Waals surface area contributed by atoms with E-state index in [-0.39, 0.29) is 31.7 Å². The molecule has 0 saturated carbocycles. The number of hydrogen-bond acceptors (Lipinski definition) is 8. The molecule has 0 spiro atoms. The number of fused-ring (bicyclic) bond motifs is 1. The summed E-state index contributed by atoms with van der Waals surface area (Å²) in [5.41, 5.74) is 0.368.